The van der Waals surface area contributed by atoms with Gasteiger partial charge in [-0.15, -0.1) is 0 Å². The smallest absolute Gasteiger partial charge is 0.218 e. The lowest BCUT2D eigenvalue weighted by Gasteiger charge is -2.17. The minimum Gasteiger partial charge on any atom is -0.490 e. The fraction of sp³-hybridized carbons (Fsp3) is 0.429. The maximum atomic E-state index is 5.78. The summed E-state index contributed by atoms with van der Waals surface area (Å²) < 4.78 is 12.4. The molecule has 6 nitrogen and oxygen atoms in total. The van der Waals surface area contributed by atoms with Crippen molar-refractivity contribution in [1.29, 1.82) is 0 Å². The molecule has 0 bridgehead atoms. The van der Waals surface area contributed by atoms with Crippen LogP contribution in [-0.4, -0.2) is 27.9 Å². The van der Waals surface area contributed by atoms with Gasteiger partial charge in [0.05, 0.1) is 12.7 Å². The molecule has 7 heteroatoms. The second-order valence-electron chi connectivity index (χ2n) is 4.68. The third kappa shape index (κ3) is 4.35. The van der Waals surface area contributed by atoms with E-state index in [-0.39, 0.29) is 6.10 Å². The fourth-order valence-electron chi connectivity index (χ4n) is 1.80. The number of ether oxygens (including phenoxy) is 2. The molecule has 0 atom stereocenters. The summed E-state index contributed by atoms with van der Waals surface area (Å²) in [7, 11) is 0. The van der Waals surface area contributed by atoms with Gasteiger partial charge in [0, 0.05) is 11.0 Å². The van der Waals surface area contributed by atoms with Crippen LogP contribution in [0.1, 0.15) is 26.3 Å². The molecule has 2 aromatic rings. The molecule has 0 aliphatic rings. The molecule has 1 aromatic heterocycles. The number of nitrogens with zero attached hydrogens (tertiary/aromatic N) is 2. The average molecular weight is 355 g/mol. The van der Waals surface area contributed by atoms with Gasteiger partial charge in [-0.05, 0) is 38.5 Å². The van der Waals surface area contributed by atoms with Crippen LogP contribution >= 0.6 is 15.9 Å². The maximum absolute atomic E-state index is 5.78. The molecule has 0 saturated heterocycles. The molecule has 0 aliphatic heterocycles. The second kappa shape index (κ2) is 7.31. The molecule has 0 amide bonds. The summed E-state index contributed by atoms with van der Waals surface area (Å²) in [5, 5.41) is 9.71. The van der Waals surface area contributed by atoms with E-state index in [1.165, 1.54) is 6.33 Å². The topological polar surface area (TPSA) is 72.1 Å². The summed E-state index contributed by atoms with van der Waals surface area (Å²) >= 11 is 3.56. The Morgan fingerprint density at radius 3 is 2.76 bits per heavy atom. The van der Waals surface area contributed by atoms with E-state index in [1.54, 1.807) is 0 Å². The minimum atomic E-state index is 0.0919. The second-order valence-corrected chi connectivity index (χ2v) is 5.53. The zero-order valence-corrected chi connectivity index (χ0v) is 13.9. The first-order valence-electron chi connectivity index (χ1n) is 6.81. The summed E-state index contributed by atoms with van der Waals surface area (Å²) in [6, 6.07) is 3.90. The Morgan fingerprint density at radius 2 is 2.14 bits per heavy atom. The van der Waals surface area contributed by atoms with Crippen molar-refractivity contribution in [2.75, 3.05) is 11.9 Å². The van der Waals surface area contributed by atoms with E-state index in [9.17, 15) is 0 Å². The normalized spacial score (nSPS) is 10.7. The summed E-state index contributed by atoms with van der Waals surface area (Å²) in [5.41, 5.74) is 1.05. The first-order valence-corrected chi connectivity index (χ1v) is 7.60. The Kier molecular flexibility index (Phi) is 5.44. The SMILES string of the molecule is CCOc1cc(CNc2ncn[nH]2)c(Br)cc1OC(C)C. The summed E-state index contributed by atoms with van der Waals surface area (Å²) in [4.78, 5) is 4.03. The van der Waals surface area contributed by atoms with E-state index in [0.717, 1.165) is 21.5 Å². The fourth-order valence-corrected chi connectivity index (χ4v) is 2.26. The number of aromatic nitrogens is 3. The van der Waals surface area contributed by atoms with Crippen molar-refractivity contribution in [3.05, 3.63) is 28.5 Å². The number of anilines is 1. The monoisotopic (exact) mass is 354 g/mol. The predicted molar refractivity (Wildman–Crippen MR) is 84.8 cm³/mol. The van der Waals surface area contributed by atoms with Gasteiger partial charge in [-0.1, -0.05) is 15.9 Å². The van der Waals surface area contributed by atoms with Gasteiger partial charge < -0.3 is 14.8 Å². The van der Waals surface area contributed by atoms with Crippen LogP contribution in [0.15, 0.2) is 22.9 Å². The van der Waals surface area contributed by atoms with Crippen molar-refractivity contribution in [2.45, 2.75) is 33.4 Å². The van der Waals surface area contributed by atoms with Gasteiger partial charge >= 0.3 is 0 Å². The summed E-state index contributed by atoms with van der Waals surface area (Å²) in [5.74, 6) is 2.10. The molecule has 21 heavy (non-hydrogen) atoms. The zero-order valence-electron chi connectivity index (χ0n) is 12.3. The van der Waals surface area contributed by atoms with Crippen LogP contribution in [0.5, 0.6) is 11.5 Å². The maximum Gasteiger partial charge on any atom is 0.218 e. The van der Waals surface area contributed by atoms with Gasteiger partial charge in [-0.2, -0.15) is 5.10 Å². The van der Waals surface area contributed by atoms with E-state index in [0.29, 0.717) is 19.1 Å². The number of hydrogen-bond donors (Lipinski definition) is 2. The highest BCUT2D eigenvalue weighted by Gasteiger charge is 2.12. The van der Waals surface area contributed by atoms with Crippen LogP contribution in [0.4, 0.5) is 5.95 Å². The highest BCUT2D eigenvalue weighted by atomic mass is 79.9. The van der Waals surface area contributed by atoms with E-state index in [4.69, 9.17) is 9.47 Å². The highest BCUT2D eigenvalue weighted by Crippen LogP contribution is 2.34. The van der Waals surface area contributed by atoms with Crippen molar-refractivity contribution in [2.24, 2.45) is 0 Å². The number of benzene rings is 1. The Morgan fingerprint density at radius 1 is 1.33 bits per heavy atom. The number of H-pyrrole nitrogens is 1. The zero-order chi connectivity index (χ0) is 15.2. The Labute approximate surface area is 132 Å². The van der Waals surface area contributed by atoms with E-state index in [1.807, 2.05) is 32.9 Å². The van der Waals surface area contributed by atoms with Gasteiger partial charge in [-0.25, -0.2) is 10.1 Å². The quantitative estimate of drug-likeness (QED) is 0.797. The van der Waals surface area contributed by atoms with Crippen molar-refractivity contribution in [1.82, 2.24) is 15.2 Å². The highest BCUT2D eigenvalue weighted by molar-refractivity contribution is 9.10. The lowest BCUT2D eigenvalue weighted by Crippen LogP contribution is -2.09. The van der Waals surface area contributed by atoms with E-state index >= 15 is 0 Å². The van der Waals surface area contributed by atoms with Crippen molar-refractivity contribution >= 4 is 21.9 Å². The molecule has 0 aliphatic carbocycles. The minimum absolute atomic E-state index is 0.0919. The standard InChI is InChI=1S/C14H19BrN4O2/c1-4-20-12-5-10(7-16-14-17-8-18-19-14)11(15)6-13(12)21-9(2)3/h5-6,8-9H,4,7H2,1-3H3,(H2,16,17,18,19). The molecule has 0 fully saturated rings. The molecule has 0 unspecified atom stereocenters. The van der Waals surface area contributed by atoms with Crippen LogP contribution in [-0.2, 0) is 6.54 Å². The van der Waals surface area contributed by atoms with Crippen LogP contribution in [0.3, 0.4) is 0 Å². The predicted octanol–water partition coefficient (Wildman–Crippen LogP) is 3.37. The molecular weight excluding hydrogens is 336 g/mol. The number of rotatable bonds is 7. The van der Waals surface area contributed by atoms with Crippen LogP contribution in [0.25, 0.3) is 0 Å². The first kappa shape index (κ1) is 15.6. The van der Waals surface area contributed by atoms with Crippen LogP contribution in [0.2, 0.25) is 0 Å². The lowest BCUT2D eigenvalue weighted by molar-refractivity contribution is 0.223. The summed E-state index contributed by atoms with van der Waals surface area (Å²) in [6.45, 7) is 7.11. The average Bonchev–Trinajstić information content (AvgIpc) is 2.93. The van der Waals surface area contributed by atoms with Crippen LogP contribution < -0.4 is 14.8 Å². The lowest BCUT2D eigenvalue weighted by atomic mass is 10.2. The third-order valence-electron chi connectivity index (χ3n) is 2.64. The van der Waals surface area contributed by atoms with Crippen molar-refractivity contribution in [3.63, 3.8) is 0 Å². The molecule has 1 heterocycles. The molecule has 2 N–H and O–H groups in total. The van der Waals surface area contributed by atoms with Gasteiger partial charge in [0.25, 0.3) is 0 Å². The molecule has 0 saturated carbocycles. The Bertz CT molecular complexity index is 573. The first-order chi connectivity index (χ1) is 10.1. The van der Waals surface area contributed by atoms with Gasteiger partial charge in [0.15, 0.2) is 11.5 Å². The number of hydrogen-bond acceptors (Lipinski definition) is 5. The number of aromatic amines is 1. The molecule has 1 aromatic carbocycles. The van der Waals surface area contributed by atoms with E-state index in [2.05, 4.69) is 36.4 Å². The molecule has 114 valence electrons. The van der Waals surface area contributed by atoms with Gasteiger partial charge in [0.2, 0.25) is 5.95 Å². The van der Waals surface area contributed by atoms with Crippen molar-refractivity contribution in [3.8, 4) is 11.5 Å². The Balaban J connectivity index is 2.18. The van der Waals surface area contributed by atoms with E-state index < -0.39 is 0 Å². The number of halogens is 1. The van der Waals surface area contributed by atoms with Gasteiger partial charge in [-0.3, -0.25) is 0 Å². The van der Waals surface area contributed by atoms with Crippen LogP contribution in [0, 0.1) is 0 Å². The molecule has 2 rings (SSSR count). The summed E-state index contributed by atoms with van der Waals surface area (Å²) in [6.07, 6.45) is 1.55. The van der Waals surface area contributed by atoms with Crippen molar-refractivity contribution < 1.29 is 9.47 Å². The molecule has 0 radical (unpaired) electrons. The third-order valence-corrected chi connectivity index (χ3v) is 3.37. The van der Waals surface area contributed by atoms with Gasteiger partial charge in [0.1, 0.15) is 6.33 Å². The molecular formula is C14H19BrN4O2. The molecule has 0 spiro atoms. The Hall–Kier alpha value is -1.76. The largest absolute Gasteiger partial charge is 0.490 e. The number of nitrogens with one attached hydrogen (secondary N) is 2.